The molecule has 1 aromatic carbocycles. The molecule has 0 aliphatic heterocycles. The van der Waals surface area contributed by atoms with Gasteiger partial charge in [-0.25, -0.2) is 0 Å². The molecule has 0 aromatic heterocycles. The van der Waals surface area contributed by atoms with Gasteiger partial charge in [0.1, 0.15) is 0 Å². The van der Waals surface area contributed by atoms with Crippen LogP contribution in [-0.2, 0) is 0 Å². The number of hydrogen-bond acceptors (Lipinski definition) is 1. The molecule has 1 aromatic rings. The summed E-state index contributed by atoms with van der Waals surface area (Å²) < 4.78 is 0. The van der Waals surface area contributed by atoms with E-state index in [-0.39, 0.29) is 0 Å². The van der Waals surface area contributed by atoms with Gasteiger partial charge >= 0.3 is 0 Å². The zero-order chi connectivity index (χ0) is 12.1. The Kier molecular flexibility index (Phi) is 5.32. The molecule has 88 valence electrons. The van der Waals surface area contributed by atoms with Gasteiger partial charge in [0.2, 0.25) is 0 Å². The molecular weight excluding hydrogens is 263 g/mol. The maximum absolute atomic E-state index is 6.01. The minimum absolute atomic E-state index is 0.339. The average Bonchev–Trinajstić information content (AvgIpc) is 2.22. The minimum Gasteiger partial charge on any atom is -0.360 e. The van der Waals surface area contributed by atoms with Crippen LogP contribution in [0, 0.1) is 0 Å². The minimum atomic E-state index is 0.339. The smallest absolute Gasteiger partial charge is 0.171 e. The highest BCUT2D eigenvalue weighted by atomic mass is 35.5. The SMILES string of the molecule is CC[C@H](C)NC(=S)Nc1ccc(Cl)cc1Cl. The Morgan fingerprint density at radius 1 is 1.44 bits per heavy atom. The molecule has 0 fully saturated rings. The van der Waals surface area contributed by atoms with Gasteiger partial charge in [-0.3, -0.25) is 0 Å². The van der Waals surface area contributed by atoms with Gasteiger partial charge in [0.05, 0.1) is 10.7 Å². The molecule has 1 rings (SSSR count). The molecule has 0 aliphatic rings. The lowest BCUT2D eigenvalue weighted by molar-refractivity contribution is 0.646. The standard InChI is InChI=1S/C11H14Cl2N2S/c1-3-7(2)14-11(16)15-10-5-4-8(12)6-9(10)13/h4-7H,3H2,1-2H3,(H2,14,15,16)/t7-/m0/s1. The normalized spacial score (nSPS) is 12.0. The Morgan fingerprint density at radius 2 is 2.12 bits per heavy atom. The molecule has 1 atom stereocenters. The largest absolute Gasteiger partial charge is 0.360 e. The Morgan fingerprint density at radius 3 is 2.69 bits per heavy atom. The molecule has 0 bridgehead atoms. The summed E-state index contributed by atoms with van der Waals surface area (Å²) in [6.45, 7) is 4.16. The van der Waals surface area contributed by atoms with Crippen LogP contribution >= 0.6 is 35.4 Å². The fraction of sp³-hybridized carbons (Fsp3) is 0.364. The monoisotopic (exact) mass is 276 g/mol. The van der Waals surface area contributed by atoms with Crippen molar-refractivity contribution >= 4 is 46.2 Å². The maximum Gasteiger partial charge on any atom is 0.171 e. The lowest BCUT2D eigenvalue weighted by Crippen LogP contribution is -2.35. The number of anilines is 1. The summed E-state index contributed by atoms with van der Waals surface area (Å²) in [5.41, 5.74) is 0.756. The maximum atomic E-state index is 6.01. The molecule has 16 heavy (non-hydrogen) atoms. The van der Waals surface area contributed by atoms with E-state index in [1.54, 1.807) is 18.2 Å². The van der Waals surface area contributed by atoms with Crippen molar-refractivity contribution in [1.82, 2.24) is 5.32 Å². The van der Waals surface area contributed by atoms with E-state index in [9.17, 15) is 0 Å². The molecule has 0 radical (unpaired) electrons. The number of hydrogen-bond donors (Lipinski definition) is 2. The molecule has 0 unspecified atom stereocenters. The molecule has 0 saturated heterocycles. The van der Waals surface area contributed by atoms with Crippen LogP contribution in [0.3, 0.4) is 0 Å². The highest BCUT2D eigenvalue weighted by Gasteiger charge is 2.05. The second-order valence-corrected chi connectivity index (χ2v) is 4.78. The van der Waals surface area contributed by atoms with E-state index in [2.05, 4.69) is 24.5 Å². The van der Waals surface area contributed by atoms with Crippen molar-refractivity contribution in [3.8, 4) is 0 Å². The Hall–Kier alpha value is -0.510. The first kappa shape index (κ1) is 13.6. The van der Waals surface area contributed by atoms with Crippen LogP contribution in [0.25, 0.3) is 0 Å². The van der Waals surface area contributed by atoms with Gasteiger partial charge in [-0.15, -0.1) is 0 Å². The number of thiocarbonyl (C=S) groups is 1. The van der Waals surface area contributed by atoms with Gasteiger partial charge in [-0.1, -0.05) is 30.1 Å². The molecule has 0 aliphatic carbocycles. The highest BCUT2D eigenvalue weighted by Crippen LogP contribution is 2.25. The summed E-state index contributed by atoms with van der Waals surface area (Å²) in [5, 5.41) is 7.91. The van der Waals surface area contributed by atoms with Crippen molar-refractivity contribution in [2.24, 2.45) is 0 Å². The quantitative estimate of drug-likeness (QED) is 0.814. The lowest BCUT2D eigenvalue weighted by atomic mass is 10.3. The third-order valence-electron chi connectivity index (χ3n) is 2.17. The van der Waals surface area contributed by atoms with Gasteiger partial charge in [-0.2, -0.15) is 0 Å². The second kappa shape index (κ2) is 6.28. The van der Waals surface area contributed by atoms with E-state index in [1.165, 1.54) is 0 Å². The summed E-state index contributed by atoms with van der Waals surface area (Å²) in [6, 6.07) is 5.58. The van der Waals surface area contributed by atoms with Crippen molar-refractivity contribution in [3.63, 3.8) is 0 Å². The van der Waals surface area contributed by atoms with Crippen LogP contribution in [0.1, 0.15) is 20.3 Å². The van der Waals surface area contributed by atoms with Crippen LogP contribution < -0.4 is 10.6 Å². The van der Waals surface area contributed by atoms with Gasteiger partial charge in [-0.05, 0) is 43.8 Å². The summed E-state index contributed by atoms with van der Waals surface area (Å²) in [4.78, 5) is 0. The van der Waals surface area contributed by atoms with Crippen molar-refractivity contribution in [2.75, 3.05) is 5.32 Å². The van der Waals surface area contributed by atoms with Crippen molar-refractivity contribution in [3.05, 3.63) is 28.2 Å². The van der Waals surface area contributed by atoms with Crippen molar-refractivity contribution < 1.29 is 0 Å². The summed E-state index contributed by atoms with van der Waals surface area (Å²) in [5.74, 6) is 0. The molecule has 0 saturated carbocycles. The predicted molar refractivity (Wildman–Crippen MR) is 75.6 cm³/mol. The topological polar surface area (TPSA) is 24.1 Å². The van der Waals surface area contributed by atoms with E-state index >= 15 is 0 Å². The molecule has 2 N–H and O–H groups in total. The zero-order valence-corrected chi connectivity index (χ0v) is 11.5. The fourth-order valence-electron chi connectivity index (χ4n) is 1.08. The van der Waals surface area contributed by atoms with E-state index in [1.807, 2.05) is 0 Å². The predicted octanol–water partition coefficient (Wildman–Crippen LogP) is 4.08. The van der Waals surface area contributed by atoms with E-state index in [0.717, 1.165) is 12.1 Å². The Labute approximate surface area is 111 Å². The van der Waals surface area contributed by atoms with Crippen LogP contribution in [-0.4, -0.2) is 11.2 Å². The van der Waals surface area contributed by atoms with Crippen molar-refractivity contribution in [1.29, 1.82) is 0 Å². The van der Waals surface area contributed by atoms with Gasteiger partial charge < -0.3 is 10.6 Å². The Bertz CT molecular complexity index is 382. The van der Waals surface area contributed by atoms with Crippen LogP contribution in [0.5, 0.6) is 0 Å². The zero-order valence-electron chi connectivity index (χ0n) is 9.18. The summed E-state index contributed by atoms with van der Waals surface area (Å²) in [7, 11) is 0. The van der Waals surface area contributed by atoms with E-state index in [0.29, 0.717) is 21.2 Å². The molecule has 2 nitrogen and oxygen atoms in total. The third-order valence-corrected chi connectivity index (χ3v) is 2.94. The first-order valence-electron chi connectivity index (χ1n) is 5.05. The van der Waals surface area contributed by atoms with Crippen LogP contribution in [0.4, 0.5) is 5.69 Å². The molecule has 0 spiro atoms. The molecule has 0 heterocycles. The van der Waals surface area contributed by atoms with E-state index < -0.39 is 0 Å². The fourth-order valence-corrected chi connectivity index (χ4v) is 1.84. The Balaban J connectivity index is 2.63. The van der Waals surface area contributed by atoms with E-state index in [4.69, 9.17) is 35.4 Å². The summed E-state index contributed by atoms with van der Waals surface area (Å²) in [6.07, 6.45) is 1.01. The molecule has 5 heteroatoms. The van der Waals surface area contributed by atoms with Crippen LogP contribution in [0.2, 0.25) is 10.0 Å². The van der Waals surface area contributed by atoms with Crippen LogP contribution in [0.15, 0.2) is 18.2 Å². The average molecular weight is 277 g/mol. The first-order valence-corrected chi connectivity index (χ1v) is 6.22. The number of halogens is 2. The highest BCUT2D eigenvalue weighted by molar-refractivity contribution is 7.80. The third kappa shape index (κ3) is 4.16. The first-order chi connectivity index (χ1) is 7.52. The number of nitrogens with one attached hydrogen (secondary N) is 2. The van der Waals surface area contributed by atoms with Gasteiger partial charge in [0.25, 0.3) is 0 Å². The lowest BCUT2D eigenvalue weighted by Gasteiger charge is -2.16. The molecule has 0 amide bonds. The second-order valence-electron chi connectivity index (χ2n) is 3.53. The van der Waals surface area contributed by atoms with Gasteiger partial charge in [0, 0.05) is 11.1 Å². The van der Waals surface area contributed by atoms with Gasteiger partial charge in [0.15, 0.2) is 5.11 Å². The number of benzene rings is 1. The molecular formula is C11H14Cl2N2S. The number of rotatable bonds is 3. The summed E-state index contributed by atoms with van der Waals surface area (Å²) >= 11 is 17.0. The van der Waals surface area contributed by atoms with Crippen molar-refractivity contribution in [2.45, 2.75) is 26.3 Å².